The van der Waals surface area contributed by atoms with Gasteiger partial charge in [0, 0.05) is 11.3 Å². The molecule has 0 saturated heterocycles. The van der Waals surface area contributed by atoms with Crippen LogP contribution >= 0.6 is 11.3 Å². The van der Waals surface area contributed by atoms with E-state index in [1.807, 2.05) is 30.3 Å². The highest BCUT2D eigenvalue weighted by atomic mass is 32.1. The summed E-state index contributed by atoms with van der Waals surface area (Å²) in [4.78, 5) is 19.7. The largest absolute Gasteiger partial charge is 0.293 e. The summed E-state index contributed by atoms with van der Waals surface area (Å²) in [6.07, 6.45) is 3.63. The third kappa shape index (κ3) is 2.49. The van der Waals surface area contributed by atoms with Gasteiger partial charge in [0.1, 0.15) is 17.3 Å². The maximum atomic E-state index is 13.0. The molecule has 0 saturated carbocycles. The van der Waals surface area contributed by atoms with Gasteiger partial charge in [0.2, 0.25) is 0 Å². The first-order valence-corrected chi connectivity index (χ1v) is 8.73. The lowest BCUT2D eigenvalue weighted by molar-refractivity contribution is 0.433. The van der Waals surface area contributed by atoms with Crippen LogP contribution in [0.25, 0.3) is 10.2 Å². The van der Waals surface area contributed by atoms with Gasteiger partial charge in [0.25, 0.3) is 5.56 Å². The highest BCUT2D eigenvalue weighted by Gasteiger charge is 2.23. The molecule has 5 heteroatoms. The highest BCUT2D eigenvalue weighted by Crippen LogP contribution is 2.34. The standard InChI is InChI=1S/C18H17FN2OS/c19-9-10-21-15(11-12-5-2-1-3-6-12)20-17-16(18(21)22)13-7-4-8-14(13)23-17/h1-3,5-6H,4,7-11H2. The second-order valence-electron chi connectivity index (χ2n) is 5.87. The topological polar surface area (TPSA) is 34.9 Å². The Balaban J connectivity index is 1.89. The zero-order valence-electron chi connectivity index (χ0n) is 12.7. The van der Waals surface area contributed by atoms with Crippen LogP contribution in [-0.2, 0) is 25.8 Å². The van der Waals surface area contributed by atoms with Gasteiger partial charge in [-0.2, -0.15) is 0 Å². The second kappa shape index (κ2) is 5.89. The Hall–Kier alpha value is -2.01. The molecule has 0 radical (unpaired) electrons. The predicted octanol–water partition coefficient (Wildman–Crippen LogP) is 3.51. The minimum Gasteiger partial charge on any atom is -0.293 e. The average Bonchev–Trinajstić information content (AvgIpc) is 3.12. The number of hydrogen-bond donors (Lipinski definition) is 0. The molecule has 0 fully saturated rings. The number of nitrogens with zero attached hydrogens (tertiary/aromatic N) is 2. The SMILES string of the molecule is O=c1c2c3c(sc2nc(Cc2ccccc2)n1CCF)CCC3. The molecule has 2 aromatic heterocycles. The molecule has 118 valence electrons. The Bertz CT molecular complexity index is 914. The number of rotatable bonds is 4. The van der Waals surface area contributed by atoms with E-state index in [0.717, 1.165) is 40.6 Å². The van der Waals surface area contributed by atoms with E-state index in [9.17, 15) is 9.18 Å². The van der Waals surface area contributed by atoms with Crippen molar-refractivity contribution in [2.45, 2.75) is 32.2 Å². The minimum atomic E-state index is -0.554. The summed E-state index contributed by atoms with van der Waals surface area (Å²) < 4.78 is 14.5. The van der Waals surface area contributed by atoms with E-state index >= 15 is 0 Å². The summed E-state index contributed by atoms with van der Waals surface area (Å²) in [7, 11) is 0. The lowest BCUT2D eigenvalue weighted by Crippen LogP contribution is -2.26. The van der Waals surface area contributed by atoms with E-state index in [4.69, 9.17) is 4.98 Å². The number of fused-ring (bicyclic) bond motifs is 3. The minimum absolute atomic E-state index is 0.0713. The van der Waals surface area contributed by atoms with Gasteiger partial charge in [0.05, 0.1) is 11.9 Å². The van der Waals surface area contributed by atoms with Crippen molar-refractivity contribution < 1.29 is 4.39 Å². The number of alkyl halides is 1. The van der Waals surface area contributed by atoms with Gasteiger partial charge in [-0.15, -0.1) is 11.3 Å². The van der Waals surface area contributed by atoms with Gasteiger partial charge in [-0.25, -0.2) is 9.37 Å². The molecule has 3 nitrogen and oxygen atoms in total. The first kappa shape index (κ1) is 14.6. The van der Waals surface area contributed by atoms with Crippen molar-refractivity contribution in [2.75, 3.05) is 6.67 Å². The first-order chi connectivity index (χ1) is 11.3. The number of aromatic nitrogens is 2. The van der Waals surface area contributed by atoms with Crippen LogP contribution in [0.15, 0.2) is 35.1 Å². The lowest BCUT2D eigenvalue weighted by Gasteiger charge is -2.11. The van der Waals surface area contributed by atoms with E-state index in [-0.39, 0.29) is 12.1 Å². The maximum absolute atomic E-state index is 13.0. The molecule has 2 heterocycles. The highest BCUT2D eigenvalue weighted by molar-refractivity contribution is 7.18. The fraction of sp³-hybridized carbons (Fsp3) is 0.333. The molecule has 4 rings (SSSR count). The van der Waals surface area contributed by atoms with Crippen molar-refractivity contribution in [3.05, 3.63) is 62.5 Å². The predicted molar refractivity (Wildman–Crippen MR) is 91.1 cm³/mol. The zero-order valence-corrected chi connectivity index (χ0v) is 13.5. The van der Waals surface area contributed by atoms with Crippen LogP contribution < -0.4 is 5.56 Å². The van der Waals surface area contributed by atoms with Gasteiger partial charge in [-0.3, -0.25) is 9.36 Å². The van der Waals surface area contributed by atoms with Crippen LogP contribution in [0.1, 0.15) is 28.2 Å². The average molecular weight is 328 g/mol. The molecular weight excluding hydrogens is 311 g/mol. The Morgan fingerprint density at radius 2 is 2.04 bits per heavy atom. The van der Waals surface area contributed by atoms with Gasteiger partial charge >= 0.3 is 0 Å². The Kier molecular flexibility index (Phi) is 3.73. The van der Waals surface area contributed by atoms with Crippen LogP contribution in [0.5, 0.6) is 0 Å². The third-order valence-corrected chi connectivity index (χ3v) is 5.60. The van der Waals surface area contributed by atoms with Gasteiger partial charge in [0.15, 0.2) is 0 Å². The number of halogens is 1. The summed E-state index contributed by atoms with van der Waals surface area (Å²) >= 11 is 1.63. The molecule has 0 unspecified atom stereocenters. The van der Waals surface area contributed by atoms with Crippen molar-refractivity contribution >= 4 is 21.6 Å². The van der Waals surface area contributed by atoms with Crippen LogP contribution in [0, 0.1) is 0 Å². The number of benzene rings is 1. The molecule has 0 N–H and O–H groups in total. The second-order valence-corrected chi connectivity index (χ2v) is 6.96. The quantitative estimate of drug-likeness (QED) is 0.734. The van der Waals surface area contributed by atoms with Crippen molar-refractivity contribution in [3.8, 4) is 0 Å². The fourth-order valence-corrected chi connectivity index (χ4v) is 4.62. The first-order valence-electron chi connectivity index (χ1n) is 7.92. The molecule has 3 aromatic rings. The molecule has 0 aliphatic heterocycles. The molecule has 1 aliphatic carbocycles. The maximum Gasteiger partial charge on any atom is 0.262 e. The number of aryl methyl sites for hydroxylation is 2. The van der Waals surface area contributed by atoms with E-state index in [0.29, 0.717) is 12.2 Å². The van der Waals surface area contributed by atoms with Crippen molar-refractivity contribution in [1.82, 2.24) is 9.55 Å². The van der Waals surface area contributed by atoms with Gasteiger partial charge < -0.3 is 0 Å². The van der Waals surface area contributed by atoms with Crippen molar-refractivity contribution in [3.63, 3.8) is 0 Å². The summed E-state index contributed by atoms with van der Waals surface area (Å²) in [5.41, 5.74) is 2.16. The third-order valence-electron chi connectivity index (χ3n) is 4.42. The molecule has 0 amide bonds. The van der Waals surface area contributed by atoms with E-state index < -0.39 is 6.67 Å². The Labute approximate surface area is 137 Å². The smallest absolute Gasteiger partial charge is 0.262 e. The van der Waals surface area contributed by atoms with Gasteiger partial charge in [-0.05, 0) is 30.4 Å². The van der Waals surface area contributed by atoms with Crippen molar-refractivity contribution in [2.24, 2.45) is 0 Å². The summed E-state index contributed by atoms with van der Waals surface area (Å²) in [5.74, 6) is 0.659. The summed E-state index contributed by atoms with van der Waals surface area (Å²) in [5, 5.41) is 0.729. The molecule has 1 aromatic carbocycles. The molecule has 0 atom stereocenters. The summed E-state index contributed by atoms with van der Waals surface area (Å²) in [6.45, 7) is -0.476. The molecule has 23 heavy (non-hydrogen) atoms. The van der Waals surface area contributed by atoms with Gasteiger partial charge in [-0.1, -0.05) is 30.3 Å². The van der Waals surface area contributed by atoms with Crippen molar-refractivity contribution in [1.29, 1.82) is 0 Å². The molecule has 0 bridgehead atoms. The number of hydrogen-bond acceptors (Lipinski definition) is 3. The van der Waals surface area contributed by atoms with Crippen LogP contribution in [0.2, 0.25) is 0 Å². The Morgan fingerprint density at radius 1 is 1.22 bits per heavy atom. The normalized spacial score (nSPS) is 13.6. The lowest BCUT2D eigenvalue weighted by atomic mass is 10.1. The Morgan fingerprint density at radius 3 is 2.83 bits per heavy atom. The van der Waals surface area contributed by atoms with Crippen LogP contribution in [0.4, 0.5) is 4.39 Å². The van der Waals surface area contributed by atoms with Crippen LogP contribution in [0.3, 0.4) is 0 Å². The zero-order chi connectivity index (χ0) is 15.8. The fourth-order valence-electron chi connectivity index (χ4n) is 3.35. The monoisotopic (exact) mass is 328 g/mol. The van der Waals surface area contributed by atoms with E-state index in [1.54, 1.807) is 11.3 Å². The number of thiophene rings is 1. The van der Waals surface area contributed by atoms with Crippen LogP contribution in [-0.4, -0.2) is 16.2 Å². The summed E-state index contributed by atoms with van der Waals surface area (Å²) in [6, 6.07) is 9.89. The van der Waals surface area contributed by atoms with E-state index in [1.165, 1.54) is 9.44 Å². The molecule has 0 spiro atoms. The molecule has 1 aliphatic rings. The van der Waals surface area contributed by atoms with E-state index in [2.05, 4.69) is 0 Å². The molecular formula is C18H17FN2OS.